The zero-order valence-electron chi connectivity index (χ0n) is 36.1. The van der Waals surface area contributed by atoms with Crippen molar-refractivity contribution in [2.45, 2.75) is 75.0 Å². The molecule has 0 radical (unpaired) electrons. The number of hydrogen-bond donors (Lipinski definition) is 0. The first-order chi connectivity index (χ1) is 32.9. The van der Waals surface area contributed by atoms with E-state index in [4.69, 9.17) is 13.1 Å². The van der Waals surface area contributed by atoms with Crippen LogP contribution >= 0.6 is 22.7 Å². The minimum absolute atomic E-state index is 0.0188. The van der Waals surface area contributed by atoms with Gasteiger partial charge in [-0.2, -0.15) is 0 Å². The van der Waals surface area contributed by atoms with Gasteiger partial charge in [0.05, 0.1) is 25.3 Å². The lowest BCUT2D eigenvalue weighted by Crippen LogP contribution is -2.31. The smallest absolute Gasteiger partial charge is 0.270 e. The van der Waals surface area contributed by atoms with Gasteiger partial charge >= 0.3 is 0 Å². The molecule has 0 aliphatic heterocycles. The Morgan fingerprint density at radius 2 is 0.941 bits per heavy atom. The normalized spacial score (nSPS) is 24.6. The fraction of sp³-hybridized carbons (Fsp3) is 0.250. The number of allylic oxidation sites excluding steroid dienone is 14. The van der Waals surface area contributed by atoms with Gasteiger partial charge in [-0.25, -0.2) is 37.8 Å². The lowest BCUT2D eigenvalue weighted by molar-refractivity contribution is 0.103. The van der Waals surface area contributed by atoms with Crippen molar-refractivity contribution in [3.8, 4) is 12.1 Å². The van der Waals surface area contributed by atoms with Crippen LogP contribution in [0.2, 0.25) is 0 Å². The summed E-state index contributed by atoms with van der Waals surface area (Å²) in [5, 5.41) is 19.9. The van der Waals surface area contributed by atoms with Crippen molar-refractivity contribution in [2.24, 2.45) is 11.8 Å². The van der Waals surface area contributed by atoms with E-state index in [9.17, 15) is 37.7 Å². The molecule has 0 saturated heterocycles. The number of ketones is 2. The molecule has 2 heterocycles. The molecule has 2 aromatic carbocycles. The van der Waals surface area contributed by atoms with Crippen molar-refractivity contribution in [1.82, 2.24) is 0 Å². The number of Topliss-reactive ketones (excluding diaryl/α,β-unsaturated/α-hetero) is 2. The zero-order chi connectivity index (χ0) is 47.0. The minimum Gasteiger partial charge on any atom is -0.289 e. The summed E-state index contributed by atoms with van der Waals surface area (Å²) in [5.41, 5.74) is 6.26. The maximum atomic E-state index is 14.6. The summed E-state index contributed by atoms with van der Waals surface area (Å²) in [6, 6.07) is 11.5. The van der Waals surface area contributed by atoms with Gasteiger partial charge in [-0.1, -0.05) is 62.8 Å². The Kier molecular flexibility index (Phi) is 9.39. The van der Waals surface area contributed by atoms with Gasteiger partial charge in [0, 0.05) is 75.6 Å². The maximum absolute atomic E-state index is 14.6. The first-order valence-corrected chi connectivity index (χ1v) is 24.3. The summed E-state index contributed by atoms with van der Waals surface area (Å²) >= 11 is 3.12. The van der Waals surface area contributed by atoms with E-state index in [1.54, 1.807) is 34.8 Å². The Bertz CT molecular complexity index is 3300. The molecule has 0 amide bonds. The van der Waals surface area contributed by atoms with Gasteiger partial charge < -0.3 is 0 Å². The van der Waals surface area contributed by atoms with E-state index in [1.807, 2.05) is 12.1 Å². The fourth-order valence-corrected chi connectivity index (χ4v) is 15.2. The van der Waals surface area contributed by atoms with Gasteiger partial charge in [0.15, 0.2) is 34.8 Å². The molecule has 68 heavy (non-hydrogen) atoms. The Morgan fingerprint density at radius 3 is 1.29 bits per heavy atom. The SMILES string of the molecule is [C-]#[N+]C(C#N)=C1/C(=C/c2cc3c(s2)C2=CC4C=C5C(=CC4C=C2C32CCCCC2)c2sc(/C=C3\C(=O)c4cc(F)c(F)cc4\C3=C(\C#N)[N+]#[C-])cc2C52CCCCC2)C(=O)c2cc(F)c(F)cc21. The average Bonchev–Trinajstić information content (AvgIpc) is 4.17. The Hall–Kier alpha value is -7.22. The second-order valence-electron chi connectivity index (χ2n) is 18.8. The number of rotatable bonds is 2. The van der Waals surface area contributed by atoms with Crippen LogP contribution < -0.4 is 0 Å². The number of nitriles is 2. The van der Waals surface area contributed by atoms with E-state index in [0.29, 0.717) is 0 Å². The Labute approximate surface area is 396 Å². The molecule has 0 N–H and O–H groups in total. The number of benzene rings is 2. The van der Waals surface area contributed by atoms with Crippen LogP contribution in [0.1, 0.15) is 127 Å². The summed E-state index contributed by atoms with van der Waals surface area (Å²) in [5.74, 6) is -5.69. The van der Waals surface area contributed by atoms with Crippen LogP contribution in [0.5, 0.6) is 0 Å². The highest BCUT2D eigenvalue weighted by Gasteiger charge is 2.52. The molecule has 2 saturated carbocycles. The number of carbonyl (C=O) groups is 2. The molecule has 330 valence electrons. The van der Waals surface area contributed by atoms with Crippen LogP contribution in [0, 0.1) is 70.9 Å². The highest BCUT2D eigenvalue weighted by molar-refractivity contribution is 7.14. The van der Waals surface area contributed by atoms with E-state index in [-0.39, 0.29) is 78.6 Å². The van der Waals surface area contributed by atoms with Gasteiger partial charge in [0.1, 0.15) is 0 Å². The van der Waals surface area contributed by atoms with E-state index in [0.717, 1.165) is 108 Å². The molecule has 8 aliphatic carbocycles. The number of thiophene rings is 2. The van der Waals surface area contributed by atoms with Gasteiger partial charge in [-0.15, -0.1) is 22.7 Å². The fourth-order valence-electron chi connectivity index (χ4n) is 12.7. The highest BCUT2D eigenvalue weighted by Crippen LogP contribution is 2.65. The van der Waals surface area contributed by atoms with Crippen molar-refractivity contribution in [1.29, 1.82) is 10.5 Å². The van der Waals surface area contributed by atoms with Crippen molar-refractivity contribution in [3.63, 3.8) is 0 Å². The standard InChI is InChI=1S/C56H34F4N4O2S2/c1-63-47(25-61)49-31-21-43(57)45(59)23-33(31)51(65)37(49)17-29-19-41-53(67-29)35-13-27-16-40-36(14-28(27)15-39(35)55(41)9-5-3-6-10-55)54-42(56(40)11-7-4-8-12-56)20-30(68-54)18-38-50(48(26-62)64-2)32-22-44(58)46(60)24-34(32)52(38)66/h13-24,27-28H,3-12H2/b37-17-,38-18-,49-47+,50-48?. The summed E-state index contributed by atoms with van der Waals surface area (Å²) in [6.07, 6.45) is 23.3. The van der Waals surface area contributed by atoms with Gasteiger partial charge in [-0.3, -0.25) is 9.59 Å². The quantitative estimate of drug-likeness (QED) is 0.0866. The molecule has 2 fully saturated rings. The lowest BCUT2D eigenvalue weighted by atomic mass is 9.63. The van der Waals surface area contributed by atoms with E-state index < -0.39 is 34.8 Å². The third kappa shape index (κ3) is 5.75. The minimum atomic E-state index is -1.18. The largest absolute Gasteiger partial charge is 0.289 e. The van der Waals surface area contributed by atoms with Crippen LogP contribution in [0.4, 0.5) is 17.6 Å². The second-order valence-corrected chi connectivity index (χ2v) is 21.0. The Morgan fingerprint density at radius 1 is 0.574 bits per heavy atom. The van der Waals surface area contributed by atoms with E-state index in [2.05, 4.69) is 46.1 Å². The average molecular weight is 935 g/mol. The lowest BCUT2D eigenvalue weighted by Gasteiger charge is -2.40. The molecule has 2 spiro atoms. The summed E-state index contributed by atoms with van der Waals surface area (Å²) in [6.45, 7) is 15.4. The van der Waals surface area contributed by atoms with Gasteiger partial charge in [0.25, 0.3) is 11.4 Å². The highest BCUT2D eigenvalue weighted by atomic mass is 32.1. The zero-order valence-corrected chi connectivity index (χ0v) is 37.7. The van der Waals surface area contributed by atoms with Crippen LogP contribution in [0.15, 0.2) is 94.4 Å². The Balaban J connectivity index is 0.959. The van der Waals surface area contributed by atoms with E-state index in [1.165, 1.54) is 33.4 Å². The predicted octanol–water partition coefficient (Wildman–Crippen LogP) is 14.2. The molecule has 2 aromatic heterocycles. The van der Waals surface area contributed by atoms with Gasteiger partial charge in [-0.05, 0) is 119 Å². The number of halogens is 4. The molecule has 0 bridgehead atoms. The predicted molar refractivity (Wildman–Crippen MR) is 253 cm³/mol. The molecule has 2 atom stereocenters. The van der Waals surface area contributed by atoms with E-state index >= 15 is 0 Å². The van der Waals surface area contributed by atoms with Crippen molar-refractivity contribution in [2.75, 3.05) is 0 Å². The number of carbonyl (C=O) groups excluding carboxylic acids is 2. The summed E-state index contributed by atoms with van der Waals surface area (Å²) < 4.78 is 58.1. The molecular formula is C56H34F4N4O2S2. The second kappa shape index (κ2) is 15.1. The van der Waals surface area contributed by atoms with Crippen LogP contribution in [0.25, 0.3) is 44.1 Å². The number of hydrogen-bond acceptors (Lipinski definition) is 6. The first kappa shape index (κ1) is 42.2. The molecule has 12 rings (SSSR count). The molecule has 8 aliphatic rings. The molecule has 4 aromatic rings. The molecular weight excluding hydrogens is 901 g/mol. The third-order valence-electron chi connectivity index (χ3n) is 15.6. The molecule has 6 nitrogen and oxygen atoms in total. The van der Waals surface area contributed by atoms with Crippen LogP contribution in [0.3, 0.4) is 0 Å². The van der Waals surface area contributed by atoms with Crippen LogP contribution in [-0.2, 0) is 10.8 Å². The molecule has 12 heteroatoms. The van der Waals surface area contributed by atoms with Crippen molar-refractivity contribution < 1.29 is 27.2 Å². The summed E-state index contributed by atoms with van der Waals surface area (Å²) in [7, 11) is 0. The van der Waals surface area contributed by atoms with Crippen molar-refractivity contribution >= 4 is 68.7 Å². The number of fused-ring (bicyclic) bond motifs is 13. The number of nitrogens with zero attached hydrogens (tertiary/aromatic N) is 4. The third-order valence-corrected chi connectivity index (χ3v) is 17.8. The molecule has 2 unspecified atom stereocenters. The van der Waals surface area contributed by atoms with Crippen molar-refractivity contribution in [3.05, 3.63) is 193 Å². The van der Waals surface area contributed by atoms with Crippen LogP contribution in [-0.4, -0.2) is 11.6 Å². The topological polar surface area (TPSA) is 90.4 Å². The maximum Gasteiger partial charge on any atom is 0.270 e. The van der Waals surface area contributed by atoms with Gasteiger partial charge in [0.2, 0.25) is 0 Å². The first-order valence-electron chi connectivity index (χ1n) is 22.7. The summed E-state index contributed by atoms with van der Waals surface area (Å²) in [4.78, 5) is 38.3. The monoisotopic (exact) mass is 934 g/mol.